The van der Waals surface area contributed by atoms with Gasteiger partial charge in [-0.05, 0) is 31.0 Å². The predicted molar refractivity (Wildman–Crippen MR) is 116 cm³/mol. The average molecular weight is 423 g/mol. The lowest BCUT2D eigenvalue weighted by Crippen LogP contribution is -2.36. The van der Waals surface area contributed by atoms with Crippen molar-refractivity contribution in [1.29, 1.82) is 0 Å². The van der Waals surface area contributed by atoms with Crippen LogP contribution in [0.25, 0.3) is 22.4 Å². The number of nitrogens with zero attached hydrogens (tertiary/aromatic N) is 5. The summed E-state index contributed by atoms with van der Waals surface area (Å²) in [6, 6.07) is 9.92. The second-order valence-electron chi connectivity index (χ2n) is 7.88. The van der Waals surface area contributed by atoms with E-state index in [9.17, 15) is 4.79 Å². The minimum Gasteiger partial charge on any atom is -0.353 e. The molecule has 0 unspecified atom stereocenters. The van der Waals surface area contributed by atoms with Crippen LogP contribution in [0.15, 0.2) is 42.7 Å². The number of benzene rings is 1. The molecule has 1 N–H and O–H groups in total. The van der Waals surface area contributed by atoms with Gasteiger partial charge in [0.2, 0.25) is 5.91 Å². The molecule has 8 heteroatoms. The summed E-state index contributed by atoms with van der Waals surface area (Å²) in [7, 11) is 0. The molecule has 1 saturated carbocycles. The van der Waals surface area contributed by atoms with Crippen molar-refractivity contribution in [1.82, 2.24) is 29.5 Å². The molecule has 154 valence electrons. The topological polar surface area (TPSA) is 76.6 Å². The number of aromatic nitrogens is 5. The number of amides is 1. The van der Waals surface area contributed by atoms with Crippen LogP contribution in [0.4, 0.5) is 0 Å². The summed E-state index contributed by atoms with van der Waals surface area (Å²) in [5.41, 5.74) is 3.43. The fourth-order valence-corrected chi connectivity index (χ4v) is 4.29. The van der Waals surface area contributed by atoms with Crippen molar-refractivity contribution >= 4 is 28.7 Å². The monoisotopic (exact) mass is 422 g/mol. The summed E-state index contributed by atoms with van der Waals surface area (Å²) in [6.45, 7) is 0. The summed E-state index contributed by atoms with van der Waals surface area (Å²) < 4.78 is 3.74. The van der Waals surface area contributed by atoms with Gasteiger partial charge in [-0.25, -0.2) is 4.52 Å². The SMILES string of the molecule is O=C(CCc1nnc2c3cc(-c4ccc(Cl)cc4)nn3ccn12)NC1CCCCC1. The van der Waals surface area contributed by atoms with Crippen molar-refractivity contribution in [2.45, 2.75) is 51.0 Å². The molecular weight excluding hydrogens is 400 g/mol. The molecule has 0 saturated heterocycles. The standard InChI is InChI=1S/C22H23ClN6O/c23-16-8-6-15(7-9-16)18-14-19-22-26-25-20(28(22)12-13-29(19)27-18)10-11-21(30)24-17-4-2-1-3-5-17/h6-9,12-14,17H,1-5,10-11H2,(H,24,30). The Bertz CT molecular complexity index is 1190. The number of rotatable bonds is 5. The second-order valence-corrected chi connectivity index (χ2v) is 8.31. The van der Waals surface area contributed by atoms with E-state index >= 15 is 0 Å². The maximum absolute atomic E-state index is 12.3. The minimum absolute atomic E-state index is 0.0918. The van der Waals surface area contributed by atoms with Crippen molar-refractivity contribution < 1.29 is 4.79 Å². The lowest BCUT2D eigenvalue weighted by molar-refractivity contribution is -0.122. The Labute approximate surface area is 179 Å². The Balaban J connectivity index is 1.35. The van der Waals surface area contributed by atoms with Gasteiger partial charge in [0.05, 0.1) is 5.69 Å². The van der Waals surface area contributed by atoms with E-state index in [4.69, 9.17) is 11.6 Å². The highest BCUT2D eigenvalue weighted by Crippen LogP contribution is 2.24. The van der Waals surface area contributed by atoms with Crippen molar-refractivity contribution in [2.75, 3.05) is 0 Å². The van der Waals surface area contributed by atoms with Crippen LogP contribution in [0, 0.1) is 0 Å². The molecule has 1 fully saturated rings. The summed E-state index contributed by atoms with van der Waals surface area (Å²) in [5.74, 6) is 0.870. The maximum Gasteiger partial charge on any atom is 0.220 e. The molecule has 0 bridgehead atoms. The molecule has 4 aromatic rings. The number of carbonyl (C=O) groups excluding carboxylic acids is 1. The first-order chi connectivity index (χ1) is 14.7. The zero-order valence-electron chi connectivity index (χ0n) is 16.6. The highest BCUT2D eigenvalue weighted by atomic mass is 35.5. The van der Waals surface area contributed by atoms with Crippen molar-refractivity contribution in [2.24, 2.45) is 0 Å². The first kappa shape index (κ1) is 19.1. The fraction of sp³-hybridized carbons (Fsp3) is 0.364. The van der Waals surface area contributed by atoms with E-state index in [1.54, 1.807) is 4.52 Å². The smallest absolute Gasteiger partial charge is 0.220 e. The molecule has 5 rings (SSSR count). The van der Waals surface area contributed by atoms with Crippen molar-refractivity contribution in [3.8, 4) is 11.3 Å². The molecule has 1 aromatic carbocycles. The number of hydrogen-bond donors (Lipinski definition) is 1. The number of halogens is 1. The van der Waals surface area contributed by atoms with Gasteiger partial charge in [-0.1, -0.05) is 43.0 Å². The molecule has 0 radical (unpaired) electrons. The molecule has 1 aliphatic rings. The van der Waals surface area contributed by atoms with E-state index in [2.05, 4.69) is 20.6 Å². The molecule has 30 heavy (non-hydrogen) atoms. The molecule has 0 atom stereocenters. The Morgan fingerprint density at radius 3 is 2.70 bits per heavy atom. The molecule has 3 aromatic heterocycles. The number of fused-ring (bicyclic) bond motifs is 3. The number of aryl methyl sites for hydroxylation is 1. The minimum atomic E-state index is 0.0918. The lowest BCUT2D eigenvalue weighted by Gasteiger charge is -2.22. The summed E-state index contributed by atoms with van der Waals surface area (Å²) in [5, 5.41) is 17.2. The summed E-state index contributed by atoms with van der Waals surface area (Å²) in [6.07, 6.45) is 10.6. The van der Waals surface area contributed by atoms with Gasteiger partial charge >= 0.3 is 0 Å². The summed E-state index contributed by atoms with van der Waals surface area (Å²) in [4.78, 5) is 12.3. The van der Waals surface area contributed by atoms with Gasteiger partial charge in [0, 0.05) is 41.9 Å². The van der Waals surface area contributed by atoms with Gasteiger partial charge in [0.1, 0.15) is 11.3 Å². The summed E-state index contributed by atoms with van der Waals surface area (Å²) >= 11 is 5.99. The third-order valence-corrected chi connectivity index (χ3v) is 6.03. The molecule has 0 aliphatic heterocycles. The van der Waals surface area contributed by atoms with Crippen LogP contribution in [0.5, 0.6) is 0 Å². The van der Waals surface area contributed by atoms with Crippen LogP contribution in [-0.2, 0) is 11.2 Å². The molecule has 1 aliphatic carbocycles. The van der Waals surface area contributed by atoms with Crippen molar-refractivity contribution in [3.63, 3.8) is 0 Å². The van der Waals surface area contributed by atoms with Crippen LogP contribution >= 0.6 is 11.6 Å². The molecular formula is C22H23ClN6O. The second kappa shape index (κ2) is 8.07. The molecule has 0 spiro atoms. The number of nitrogens with one attached hydrogen (secondary N) is 1. The van der Waals surface area contributed by atoms with Gasteiger partial charge in [-0.15, -0.1) is 10.2 Å². The number of carbonyl (C=O) groups is 1. The quantitative estimate of drug-likeness (QED) is 0.525. The van der Waals surface area contributed by atoms with Crippen molar-refractivity contribution in [3.05, 3.63) is 53.6 Å². The highest BCUT2D eigenvalue weighted by Gasteiger charge is 2.17. The van der Waals surface area contributed by atoms with Crippen LogP contribution < -0.4 is 5.32 Å². The molecule has 3 heterocycles. The highest BCUT2D eigenvalue weighted by molar-refractivity contribution is 6.30. The Kier molecular flexibility index (Phi) is 5.12. The van der Waals surface area contributed by atoms with E-state index in [1.165, 1.54) is 19.3 Å². The Morgan fingerprint density at radius 2 is 1.90 bits per heavy atom. The zero-order chi connectivity index (χ0) is 20.5. The van der Waals surface area contributed by atoms with Gasteiger partial charge < -0.3 is 5.32 Å². The van der Waals surface area contributed by atoms with E-state index in [-0.39, 0.29) is 5.91 Å². The normalized spacial score (nSPS) is 15.1. The van der Waals surface area contributed by atoms with Crippen LogP contribution in [-0.4, -0.2) is 36.2 Å². The van der Waals surface area contributed by atoms with Crippen LogP contribution in [0.1, 0.15) is 44.3 Å². The van der Waals surface area contributed by atoms with E-state index in [0.717, 1.165) is 41.1 Å². The lowest BCUT2D eigenvalue weighted by atomic mass is 9.95. The molecule has 7 nitrogen and oxygen atoms in total. The Morgan fingerprint density at radius 1 is 1.10 bits per heavy atom. The fourth-order valence-electron chi connectivity index (χ4n) is 4.16. The van der Waals surface area contributed by atoms with E-state index < -0.39 is 0 Å². The van der Waals surface area contributed by atoms with Crippen LogP contribution in [0.2, 0.25) is 5.02 Å². The number of hydrogen-bond acceptors (Lipinski definition) is 4. The largest absolute Gasteiger partial charge is 0.353 e. The Hall–Kier alpha value is -2.93. The predicted octanol–water partition coefficient (Wildman–Crippen LogP) is 4.08. The van der Waals surface area contributed by atoms with Gasteiger partial charge in [-0.3, -0.25) is 9.20 Å². The van der Waals surface area contributed by atoms with E-state index in [1.807, 2.05) is 47.1 Å². The van der Waals surface area contributed by atoms with Crippen LogP contribution in [0.3, 0.4) is 0 Å². The van der Waals surface area contributed by atoms with Gasteiger partial charge in [0.15, 0.2) is 5.65 Å². The van der Waals surface area contributed by atoms with Gasteiger partial charge in [0.25, 0.3) is 0 Å². The first-order valence-corrected chi connectivity index (χ1v) is 10.8. The molecule has 1 amide bonds. The van der Waals surface area contributed by atoms with Gasteiger partial charge in [-0.2, -0.15) is 5.10 Å². The van der Waals surface area contributed by atoms with E-state index in [0.29, 0.717) is 23.9 Å². The maximum atomic E-state index is 12.3. The third kappa shape index (κ3) is 3.77. The average Bonchev–Trinajstić information content (AvgIpc) is 3.37. The first-order valence-electron chi connectivity index (χ1n) is 10.4. The third-order valence-electron chi connectivity index (χ3n) is 5.77. The zero-order valence-corrected chi connectivity index (χ0v) is 17.3.